The Kier molecular flexibility index (Phi) is 8.88. The minimum Gasteiger partial charge on any atom is -0.497 e. The molecule has 0 fully saturated rings. The summed E-state index contributed by atoms with van der Waals surface area (Å²) in [4.78, 5) is 23.9. The number of hydrogen-bond donors (Lipinski definition) is 3. The first kappa shape index (κ1) is 22.6. The quantitative estimate of drug-likeness (QED) is 0.417. The van der Waals surface area contributed by atoms with Gasteiger partial charge in [-0.3, -0.25) is 25.8 Å². The maximum Gasteiger partial charge on any atom is 0.264 e. The molecule has 3 N–H and O–H groups in total. The van der Waals surface area contributed by atoms with E-state index in [1.807, 2.05) is 12.1 Å². The molecular formula is C20H22BrN3O4S. The van der Waals surface area contributed by atoms with E-state index in [1.54, 1.807) is 37.4 Å². The van der Waals surface area contributed by atoms with E-state index in [9.17, 15) is 9.59 Å². The third-order valence-corrected chi connectivity index (χ3v) is 4.68. The zero-order chi connectivity index (χ0) is 21.2. The Bertz CT molecular complexity index is 875. The molecule has 0 atom stereocenters. The summed E-state index contributed by atoms with van der Waals surface area (Å²) in [5.41, 5.74) is 6.90. The van der Waals surface area contributed by atoms with Crippen LogP contribution >= 0.6 is 28.1 Å². The topological polar surface area (TPSA) is 88.7 Å². The molecule has 154 valence electrons. The maximum absolute atomic E-state index is 12.0. The molecule has 7 nitrogen and oxygen atoms in total. The summed E-state index contributed by atoms with van der Waals surface area (Å²) in [6.07, 6.45) is 1.06. The normalized spacial score (nSPS) is 10.0. The van der Waals surface area contributed by atoms with Crippen molar-refractivity contribution < 1.29 is 19.1 Å². The minimum absolute atomic E-state index is 0.0259. The number of hydrogen-bond acceptors (Lipinski definition) is 5. The third-order valence-electron chi connectivity index (χ3n) is 3.86. The average molecular weight is 480 g/mol. The van der Waals surface area contributed by atoms with Gasteiger partial charge in [0.15, 0.2) is 11.7 Å². The number of carbonyl (C=O) groups excluding carboxylic acids is 2. The Balaban J connectivity index is 1.71. The Hall–Kier alpha value is -2.65. The van der Waals surface area contributed by atoms with Crippen LogP contribution in [0.5, 0.6) is 11.5 Å². The Morgan fingerprint density at radius 2 is 1.72 bits per heavy atom. The van der Waals surface area contributed by atoms with E-state index in [4.69, 9.17) is 21.7 Å². The van der Waals surface area contributed by atoms with Gasteiger partial charge in [-0.05, 0) is 70.0 Å². The van der Waals surface area contributed by atoms with Gasteiger partial charge in [-0.25, -0.2) is 0 Å². The van der Waals surface area contributed by atoms with Crippen molar-refractivity contribution in [1.82, 2.24) is 16.2 Å². The Morgan fingerprint density at radius 1 is 1.03 bits per heavy atom. The molecular weight excluding hydrogens is 458 g/mol. The van der Waals surface area contributed by atoms with Crippen molar-refractivity contribution in [2.45, 2.75) is 19.8 Å². The average Bonchev–Trinajstić information content (AvgIpc) is 2.71. The number of aryl methyl sites for hydroxylation is 1. The van der Waals surface area contributed by atoms with Gasteiger partial charge in [0, 0.05) is 0 Å². The Morgan fingerprint density at radius 3 is 2.34 bits per heavy atom. The van der Waals surface area contributed by atoms with Crippen LogP contribution in [0.2, 0.25) is 0 Å². The van der Waals surface area contributed by atoms with Crippen LogP contribution in [-0.2, 0) is 22.4 Å². The van der Waals surface area contributed by atoms with Crippen molar-refractivity contribution in [3.05, 3.63) is 58.1 Å². The smallest absolute Gasteiger partial charge is 0.264 e. The summed E-state index contributed by atoms with van der Waals surface area (Å²) in [7, 11) is 1.58. The summed E-state index contributed by atoms with van der Waals surface area (Å²) >= 11 is 8.41. The van der Waals surface area contributed by atoms with E-state index >= 15 is 0 Å². The van der Waals surface area contributed by atoms with E-state index < -0.39 is 5.91 Å². The van der Waals surface area contributed by atoms with Crippen LogP contribution in [-0.4, -0.2) is 30.6 Å². The number of hydrazine groups is 1. The van der Waals surface area contributed by atoms with Gasteiger partial charge in [0.05, 0.1) is 18.0 Å². The molecule has 2 rings (SSSR count). The molecule has 0 aliphatic rings. The third kappa shape index (κ3) is 7.71. The fourth-order valence-corrected chi connectivity index (χ4v) is 3.02. The summed E-state index contributed by atoms with van der Waals surface area (Å²) in [6, 6.07) is 12.8. The second-order valence-electron chi connectivity index (χ2n) is 5.98. The van der Waals surface area contributed by atoms with E-state index in [0.717, 1.165) is 22.0 Å². The largest absolute Gasteiger partial charge is 0.497 e. The second kappa shape index (κ2) is 11.4. The van der Waals surface area contributed by atoms with E-state index in [0.29, 0.717) is 11.5 Å². The minimum atomic E-state index is -0.446. The molecule has 0 spiro atoms. The van der Waals surface area contributed by atoms with Gasteiger partial charge in [-0.2, -0.15) is 0 Å². The van der Waals surface area contributed by atoms with Crippen LogP contribution < -0.4 is 25.6 Å². The summed E-state index contributed by atoms with van der Waals surface area (Å²) in [5, 5.41) is 2.41. The van der Waals surface area contributed by atoms with Crippen molar-refractivity contribution >= 4 is 45.1 Å². The van der Waals surface area contributed by atoms with Gasteiger partial charge in [0.1, 0.15) is 11.5 Å². The molecule has 0 heterocycles. The molecule has 0 bridgehead atoms. The van der Waals surface area contributed by atoms with E-state index in [-0.39, 0.29) is 24.0 Å². The van der Waals surface area contributed by atoms with Gasteiger partial charge < -0.3 is 9.47 Å². The molecule has 0 aliphatic carbocycles. The van der Waals surface area contributed by atoms with Crippen molar-refractivity contribution in [2.24, 2.45) is 0 Å². The van der Waals surface area contributed by atoms with Crippen LogP contribution in [0.4, 0.5) is 0 Å². The lowest BCUT2D eigenvalue weighted by Gasteiger charge is -2.12. The van der Waals surface area contributed by atoms with Crippen LogP contribution in [0.15, 0.2) is 46.9 Å². The molecule has 0 saturated heterocycles. The van der Waals surface area contributed by atoms with Gasteiger partial charge in [-0.1, -0.05) is 25.1 Å². The highest BCUT2D eigenvalue weighted by atomic mass is 79.9. The van der Waals surface area contributed by atoms with Gasteiger partial charge in [0.25, 0.3) is 5.91 Å². The summed E-state index contributed by atoms with van der Waals surface area (Å²) < 4.78 is 11.3. The zero-order valence-electron chi connectivity index (χ0n) is 16.1. The predicted molar refractivity (Wildman–Crippen MR) is 118 cm³/mol. The van der Waals surface area contributed by atoms with Crippen molar-refractivity contribution in [3.8, 4) is 11.5 Å². The Labute approximate surface area is 183 Å². The fraction of sp³-hybridized carbons (Fsp3) is 0.250. The zero-order valence-corrected chi connectivity index (χ0v) is 18.5. The number of halogens is 1. The van der Waals surface area contributed by atoms with Gasteiger partial charge in [-0.15, -0.1) is 0 Å². The second-order valence-corrected chi connectivity index (χ2v) is 7.24. The number of nitrogens with one attached hydrogen (secondary N) is 3. The SMILES string of the molecule is CCc1ccc(OCC(=O)NC(=S)NNC(=O)Cc2ccc(OC)cc2)c(Br)c1. The molecule has 0 saturated carbocycles. The first-order valence-corrected chi connectivity index (χ1v) is 10.0. The molecule has 0 aliphatic heterocycles. The highest BCUT2D eigenvalue weighted by Crippen LogP contribution is 2.26. The molecule has 0 radical (unpaired) electrons. The highest BCUT2D eigenvalue weighted by Gasteiger charge is 2.09. The van der Waals surface area contributed by atoms with Crippen molar-refractivity contribution in [3.63, 3.8) is 0 Å². The number of thiocarbonyl (C=S) groups is 1. The molecule has 2 aromatic carbocycles. The molecule has 2 amide bonds. The van der Waals surface area contributed by atoms with Crippen LogP contribution in [0, 0.1) is 0 Å². The maximum atomic E-state index is 12.0. The lowest BCUT2D eigenvalue weighted by atomic mass is 10.1. The number of amides is 2. The van der Waals surface area contributed by atoms with Gasteiger partial charge >= 0.3 is 0 Å². The molecule has 29 heavy (non-hydrogen) atoms. The number of carbonyl (C=O) groups is 2. The number of rotatable bonds is 7. The van der Waals surface area contributed by atoms with E-state index in [2.05, 4.69) is 39.0 Å². The molecule has 0 aromatic heterocycles. The van der Waals surface area contributed by atoms with Crippen LogP contribution in [0.25, 0.3) is 0 Å². The highest BCUT2D eigenvalue weighted by molar-refractivity contribution is 9.10. The molecule has 0 unspecified atom stereocenters. The van der Waals surface area contributed by atoms with Crippen molar-refractivity contribution in [1.29, 1.82) is 0 Å². The monoisotopic (exact) mass is 479 g/mol. The lowest BCUT2D eigenvalue weighted by Crippen LogP contribution is -2.49. The van der Waals surface area contributed by atoms with Gasteiger partial charge in [0.2, 0.25) is 5.91 Å². The lowest BCUT2D eigenvalue weighted by molar-refractivity contribution is -0.122. The van der Waals surface area contributed by atoms with Crippen LogP contribution in [0.1, 0.15) is 18.1 Å². The van der Waals surface area contributed by atoms with E-state index in [1.165, 1.54) is 0 Å². The standard InChI is InChI=1S/C20H22BrN3O4S/c1-3-13-6-9-17(16(21)10-13)28-12-19(26)22-20(29)24-23-18(25)11-14-4-7-15(27-2)8-5-14/h4-10H,3,11-12H2,1-2H3,(H,23,25)(H2,22,24,26,29). The number of methoxy groups -OCH3 is 1. The summed E-state index contributed by atoms with van der Waals surface area (Å²) in [6.45, 7) is 1.84. The van der Waals surface area contributed by atoms with Crippen molar-refractivity contribution in [2.75, 3.05) is 13.7 Å². The summed E-state index contributed by atoms with van der Waals surface area (Å²) in [5.74, 6) is 0.525. The molecule has 2 aromatic rings. The number of benzene rings is 2. The first-order chi connectivity index (χ1) is 13.9. The predicted octanol–water partition coefficient (Wildman–Crippen LogP) is 2.66. The fourth-order valence-electron chi connectivity index (χ4n) is 2.32. The van der Waals surface area contributed by atoms with Crippen LogP contribution in [0.3, 0.4) is 0 Å². The number of ether oxygens (including phenoxy) is 2. The molecule has 9 heteroatoms. The first-order valence-electron chi connectivity index (χ1n) is 8.84.